The number of hydrogen-bond donors (Lipinski definition) is 1. The van der Waals surface area contributed by atoms with E-state index in [4.69, 9.17) is 23.2 Å². The molecule has 2 aromatic carbocycles. The van der Waals surface area contributed by atoms with E-state index in [1.54, 1.807) is 6.92 Å². The average Bonchev–Trinajstić information content (AvgIpc) is 2.74. The Morgan fingerprint density at radius 1 is 1.06 bits per heavy atom. The number of anilines is 1. The summed E-state index contributed by atoms with van der Waals surface area (Å²) >= 11 is 15.5. The summed E-state index contributed by atoms with van der Waals surface area (Å²) in [7, 11) is -3.87. The quantitative estimate of drug-likeness (QED) is 0.427. The van der Waals surface area contributed by atoms with Gasteiger partial charge in [-0.2, -0.15) is 0 Å². The third-order valence-corrected chi connectivity index (χ3v) is 7.35. The van der Waals surface area contributed by atoms with E-state index < -0.39 is 28.5 Å². The molecule has 0 spiro atoms. The van der Waals surface area contributed by atoms with Gasteiger partial charge in [-0.3, -0.25) is 13.9 Å². The predicted octanol–water partition coefficient (Wildman–Crippen LogP) is 4.85. The zero-order valence-electron chi connectivity index (χ0n) is 19.4. The van der Waals surface area contributed by atoms with Crippen LogP contribution in [0.25, 0.3) is 0 Å². The second-order valence-corrected chi connectivity index (χ2v) is 11.7. The molecule has 2 amide bonds. The van der Waals surface area contributed by atoms with Gasteiger partial charge in [0.1, 0.15) is 12.6 Å². The molecule has 0 bridgehead atoms. The SMILES string of the molecule is CC[C@@H](C)NC(=O)[C@H](C)N(Cc1ccc(Br)cc1)C(=O)CN(c1cc(Cl)cc(Cl)c1)S(C)(=O)=O. The van der Waals surface area contributed by atoms with Crippen molar-refractivity contribution in [1.29, 1.82) is 0 Å². The fraction of sp³-hybridized carbons (Fsp3) is 0.391. The summed E-state index contributed by atoms with van der Waals surface area (Å²) in [6.07, 6.45) is 1.73. The summed E-state index contributed by atoms with van der Waals surface area (Å²) in [6, 6.07) is 10.7. The maximum absolute atomic E-state index is 13.5. The van der Waals surface area contributed by atoms with Crippen molar-refractivity contribution < 1.29 is 18.0 Å². The Bertz CT molecular complexity index is 1110. The summed E-state index contributed by atoms with van der Waals surface area (Å²) in [5.74, 6) is -0.868. The minimum atomic E-state index is -3.87. The lowest BCUT2D eigenvalue weighted by Crippen LogP contribution is -2.52. The van der Waals surface area contributed by atoms with Crippen molar-refractivity contribution in [3.8, 4) is 0 Å². The van der Waals surface area contributed by atoms with E-state index in [0.29, 0.717) is 0 Å². The fourth-order valence-electron chi connectivity index (χ4n) is 3.13. The first-order valence-corrected chi connectivity index (χ1v) is 14.0. The minimum Gasteiger partial charge on any atom is -0.352 e. The van der Waals surface area contributed by atoms with Gasteiger partial charge in [-0.1, -0.05) is 58.2 Å². The molecule has 0 unspecified atom stereocenters. The second kappa shape index (κ2) is 12.2. The Morgan fingerprint density at radius 3 is 2.12 bits per heavy atom. The predicted molar refractivity (Wildman–Crippen MR) is 141 cm³/mol. The minimum absolute atomic E-state index is 0.0688. The highest BCUT2D eigenvalue weighted by molar-refractivity contribution is 9.10. The van der Waals surface area contributed by atoms with Crippen LogP contribution in [0, 0.1) is 0 Å². The van der Waals surface area contributed by atoms with Crippen LogP contribution in [0.3, 0.4) is 0 Å². The molecular weight excluding hydrogens is 565 g/mol. The van der Waals surface area contributed by atoms with Gasteiger partial charge >= 0.3 is 0 Å². The molecule has 7 nitrogen and oxygen atoms in total. The molecule has 0 fully saturated rings. The Kier molecular flexibility index (Phi) is 10.2. The third-order valence-electron chi connectivity index (χ3n) is 5.25. The maximum Gasteiger partial charge on any atom is 0.244 e. The van der Waals surface area contributed by atoms with Gasteiger partial charge < -0.3 is 10.2 Å². The molecule has 0 radical (unpaired) electrons. The number of carbonyl (C=O) groups excluding carboxylic acids is 2. The van der Waals surface area contributed by atoms with E-state index in [1.807, 2.05) is 38.1 Å². The summed E-state index contributed by atoms with van der Waals surface area (Å²) < 4.78 is 27.0. The zero-order chi connectivity index (χ0) is 25.6. The van der Waals surface area contributed by atoms with Gasteiger partial charge in [-0.25, -0.2) is 8.42 Å². The van der Waals surface area contributed by atoms with Crippen molar-refractivity contribution in [2.75, 3.05) is 17.1 Å². The molecule has 0 aliphatic rings. The molecule has 2 rings (SSSR count). The van der Waals surface area contributed by atoms with Crippen LogP contribution in [0.1, 0.15) is 32.8 Å². The summed E-state index contributed by atoms with van der Waals surface area (Å²) in [5.41, 5.74) is 0.949. The van der Waals surface area contributed by atoms with E-state index >= 15 is 0 Å². The summed E-state index contributed by atoms with van der Waals surface area (Å²) in [4.78, 5) is 27.7. The van der Waals surface area contributed by atoms with Crippen LogP contribution >= 0.6 is 39.1 Å². The molecule has 0 aromatic heterocycles. The second-order valence-electron chi connectivity index (χ2n) is 8.04. The Labute approximate surface area is 219 Å². The number of halogens is 3. The molecule has 1 N–H and O–H groups in total. The van der Waals surface area contributed by atoms with E-state index in [9.17, 15) is 18.0 Å². The molecule has 0 saturated carbocycles. The highest BCUT2D eigenvalue weighted by atomic mass is 79.9. The average molecular weight is 593 g/mol. The van der Waals surface area contributed by atoms with Crippen molar-refractivity contribution in [3.63, 3.8) is 0 Å². The van der Waals surface area contributed by atoms with Crippen LogP contribution in [-0.2, 0) is 26.2 Å². The van der Waals surface area contributed by atoms with E-state index in [1.165, 1.54) is 23.1 Å². The monoisotopic (exact) mass is 591 g/mol. The number of rotatable bonds is 10. The van der Waals surface area contributed by atoms with Crippen molar-refractivity contribution >= 4 is 66.7 Å². The van der Waals surface area contributed by atoms with Crippen LogP contribution in [0.15, 0.2) is 46.9 Å². The van der Waals surface area contributed by atoms with Gasteiger partial charge in [-0.15, -0.1) is 0 Å². The number of benzene rings is 2. The molecule has 34 heavy (non-hydrogen) atoms. The van der Waals surface area contributed by atoms with Crippen molar-refractivity contribution in [3.05, 3.63) is 62.5 Å². The number of carbonyl (C=O) groups is 2. The number of amides is 2. The van der Waals surface area contributed by atoms with Gasteiger partial charge in [0.25, 0.3) is 0 Å². The normalized spacial score (nSPS) is 13.1. The van der Waals surface area contributed by atoms with Gasteiger partial charge in [-0.05, 0) is 56.2 Å². The van der Waals surface area contributed by atoms with Crippen LogP contribution < -0.4 is 9.62 Å². The maximum atomic E-state index is 13.5. The smallest absolute Gasteiger partial charge is 0.244 e. The number of hydrogen-bond acceptors (Lipinski definition) is 4. The molecule has 0 heterocycles. The van der Waals surface area contributed by atoms with Gasteiger partial charge in [0, 0.05) is 27.1 Å². The number of nitrogens with zero attached hydrogens (tertiary/aromatic N) is 2. The van der Waals surface area contributed by atoms with Crippen molar-refractivity contribution in [2.45, 2.75) is 45.8 Å². The van der Waals surface area contributed by atoms with Crippen LogP contribution in [0.4, 0.5) is 5.69 Å². The van der Waals surface area contributed by atoms with Gasteiger partial charge in [0.05, 0.1) is 11.9 Å². The first-order valence-electron chi connectivity index (χ1n) is 10.6. The fourth-order valence-corrected chi connectivity index (χ4v) is 4.74. The summed E-state index contributed by atoms with van der Waals surface area (Å²) in [5, 5.41) is 3.35. The molecule has 2 aromatic rings. The molecule has 0 saturated heterocycles. The van der Waals surface area contributed by atoms with Crippen molar-refractivity contribution in [2.24, 2.45) is 0 Å². The molecule has 186 valence electrons. The van der Waals surface area contributed by atoms with E-state index in [2.05, 4.69) is 21.2 Å². The van der Waals surface area contributed by atoms with Gasteiger partial charge in [0.15, 0.2) is 0 Å². The Balaban J connectivity index is 2.41. The lowest BCUT2D eigenvalue weighted by molar-refractivity contribution is -0.139. The molecular formula is C23H28BrCl2N3O4S. The third kappa shape index (κ3) is 8.15. The highest BCUT2D eigenvalue weighted by Crippen LogP contribution is 2.27. The highest BCUT2D eigenvalue weighted by Gasteiger charge is 2.30. The lowest BCUT2D eigenvalue weighted by Gasteiger charge is -2.32. The first kappa shape index (κ1) is 28.4. The molecule has 11 heteroatoms. The Morgan fingerprint density at radius 2 is 1.62 bits per heavy atom. The van der Waals surface area contributed by atoms with E-state index in [-0.39, 0.29) is 34.2 Å². The standard InChI is InChI=1S/C23H28BrCl2N3O4S/c1-5-15(2)27-23(31)16(3)28(13-17-6-8-18(24)9-7-17)22(30)14-29(34(4,32)33)21-11-19(25)10-20(26)12-21/h6-12,15-16H,5,13-14H2,1-4H3,(H,27,31)/t15-,16+/m1/s1. The van der Waals surface area contributed by atoms with Crippen LogP contribution in [-0.4, -0.2) is 50.0 Å². The van der Waals surface area contributed by atoms with Gasteiger partial charge in [0.2, 0.25) is 21.8 Å². The molecule has 0 aliphatic carbocycles. The lowest BCUT2D eigenvalue weighted by atomic mass is 10.1. The number of nitrogens with one attached hydrogen (secondary N) is 1. The van der Waals surface area contributed by atoms with Crippen molar-refractivity contribution in [1.82, 2.24) is 10.2 Å². The first-order chi connectivity index (χ1) is 15.8. The van der Waals surface area contributed by atoms with Crippen LogP contribution in [0.2, 0.25) is 10.0 Å². The largest absolute Gasteiger partial charge is 0.352 e. The van der Waals surface area contributed by atoms with E-state index in [0.717, 1.165) is 27.0 Å². The van der Waals surface area contributed by atoms with Crippen LogP contribution in [0.5, 0.6) is 0 Å². The Hall–Kier alpha value is -1.81. The molecule has 0 aliphatic heterocycles. The zero-order valence-corrected chi connectivity index (χ0v) is 23.3. The topological polar surface area (TPSA) is 86.8 Å². The summed E-state index contributed by atoms with van der Waals surface area (Å²) in [6.45, 7) is 5.04. The number of sulfonamides is 1. The molecule has 2 atom stereocenters.